The molecule has 0 spiro atoms. The zero-order valence-electron chi connectivity index (χ0n) is 12.2. The zero-order chi connectivity index (χ0) is 18.1. The summed E-state index contributed by atoms with van der Waals surface area (Å²) in [5, 5.41) is 11.1. The van der Waals surface area contributed by atoms with Gasteiger partial charge in [0.1, 0.15) is 10.6 Å². The number of rotatable bonds is 5. The van der Waals surface area contributed by atoms with Crippen molar-refractivity contribution in [2.24, 2.45) is 0 Å². The summed E-state index contributed by atoms with van der Waals surface area (Å²) in [5.74, 6) is 0. The number of nitro benzene ring substituents is 1. The molecule has 2 N–H and O–H groups in total. The van der Waals surface area contributed by atoms with Crippen LogP contribution in [0.3, 0.4) is 0 Å². The monoisotopic (exact) mass is 372 g/mol. The van der Waals surface area contributed by atoms with E-state index >= 15 is 0 Å². The SMILES string of the molecule is Cc1ccc(S(=O)(=O)Nc2ccc(S(=O)(=O)O)cc2[N+](=O)[O-])cc1. The van der Waals surface area contributed by atoms with Crippen LogP contribution >= 0.6 is 0 Å². The van der Waals surface area contributed by atoms with Crippen molar-refractivity contribution in [3.05, 3.63) is 58.1 Å². The Bertz CT molecular complexity index is 997. The van der Waals surface area contributed by atoms with E-state index in [0.717, 1.165) is 17.7 Å². The lowest BCUT2D eigenvalue weighted by Crippen LogP contribution is -2.14. The maximum atomic E-state index is 12.3. The van der Waals surface area contributed by atoms with Gasteiger partial charge in [0.05, 0.1) is 9.82 Å². The van der Waals surface area contributed by atoms with Crippen molar-refractivity contribution in [1.29, 1.82) is 0 Å². The molecule has 0 atom stereocenters. The summed E-state index contributed by atoms with van der Waals surface area (Å²) in [4.78, 5) is 9.28. The van der Waals surface area contributed by atoms with Crippen molar-refractivity contribution in [2.75, 3.05) is 4.72 Å². The summed E-state index contributed by atoms with van der Waals surface area (Å²) in [6.07, 6.45) is 0. The van der Waals surface area contributed by atoms with Crippen LogP contribution in [0.5, 0.6) is 0 Å². The van der Waals surface area contributed by atoms with Gasteiger partial charge in [-0.25, -0.2) is 8.42 Å². The van der Waals surface area contributed by atoms with Crippen LogP contribution in [0, 0.1) is 17.0 Å². The highest BCUT2D eigenvalue weighted by atomic mass is 32.2. The number of aryl methyl sites for hydroxylation is 1. The van der Waals surface area contributed by atoms with Crippen molar-refractivity contribution in [1.82, 2.24) is 0 Å². The van der Waals surface area contributed by atoms with Crippen molar-refractivity contribution in [3.63, 3.8) is 0 Å². The van der Waals surface area contributed by atoms with E-state index in [9.17, 15) is 26.9 Å². The minimum atomic E-state index is -4.66. The zero-order valence-corrected chi connectivity index (χ0v) is 13.8. The van der Waals surface area contributed by atoms with Crippen LogP contribution in [0.15, 0.2) is 52.3 Å². The van der Waals surface area contributed by atoms with E-state index in [1.807, 2.05) is 4.72 Å². The predicted molar refractivity (Wildman–Crippen MR) is 84.9 cm³/mol. The van der Waals surface area contributed by atoms with Crippen molar-refractivity contribution >= 4 is 31.5 Å². The fourth-order valence-corrected chi connectivity index (χ4v) is 3.41. The Labute approximate surface area is 137 Å². The molecule has 9 nitrogen and oxygen atoms in total. The van der Waals surface area contributed by atoms with Gasteiger partial charge in [-0.1, -0.05) is 17.7 Å². The molecule has 128 valence electrons. The minimum Gasteiger partial charge on any atom is -0.282 e. The largest absolute Gasteiger partial charge is 0.294 e. The summed E-state index contributed by atoms with van der Waals surface area (Å²) in [5.41, 5.74) is -0.397. The fraction of sp³-hybridized carbons (Fsp3) is 0.0769. The minimum absolute atomic E-state index is 0.110. The van der Waals surface area contributed by atoms with Gasteiger partial charge in [0.2, 0.25) is 0 Å². The normalized spacial score (nSPS) is 11.9. The first-order valence-corrected chi connectivity index (χ1v) is 9.28. The molecule has 2 aromatic rings. The molecule has 24 heavy (non-hydrogen) atoms. The van der Waals surface area contributed by atoms with E-state index in [2.05, 4.69) is 0 Å². The molecule has 0 bridgehead atoms. The van der Waals surface area contributed by atoms with Crippen LogP contribution in [-0.2, 0) is 20.1 Å². The van der Waals surface area contributed by atoms with E-state index in [1.54, 1.807) is 19.1 Å². The quantitative estimate of drug-likeness (QED) is 0.463. The van der Waals surface area contributed by atoms with Gasteiger partial charge >= 0.3 is 0 Å². The number of benzene rings is 2. The first-order chi connectivity index (χ1) is 11.0. The molecule has 0 aliphatic carbocycles. The Morgan fingerprint density at radius 1 is 1.00 bits per heavy atom. The molecular formula is C13H12N2O7S2. The van der Waals surface area contributed by atoms with Crippen LogP contribution in [-0.4, -0.2) is 26.3 Å². The van der Waals surface area contributed by atoms with Crippen LogP contribution in [0.1, 0.15) is 5.56 Å². The Hall–Kier alpha value is -2.50. The summed E-state index contributed by atoms with van der Waals surface area (Å²) in [6.45, 7) is 1.77. The van der Waals surface area contributed by atoms with Gasteiger partial charge in [-0.05, 0) is 31.2 Å². The molecule has 0 heterocycles. The van der Waals surface area contributed by atoms with Gasteiger partial charge in [0.15, 0.2) is 0 Å². The number of sulfonamides is 1. The highest BCUT2D eigenvalue weighted by Crippen LogP contribution is 2.29. The molecule has 0 fully saturated rings. The Kier molecular flexibility index (Phi) is 4.60. The number of anilines is 1. The molecule has 2 aromatic carbocycles. The number of nitrogens with one attached hydrogen (secondary N) is 1. The maximum Gasteiger partial charge on any atom is 0.294 e. The lowest BCUT2D eigenvalue weighted by Gasteiger charge is -2.09. The summed E-state index contributed by atoms with van der Waals surface area (Å²) in [7, 11) is -8.76. The molecule has 0 saturated carbocycles. The van der Waals surface area contributed by atoms with Crippen LogP contribution in [0.25, 0.3) is 0 Å². The lowest BCUT2D eigenvalue weighted by atomic mass is 10.2. The first kappa shape index (κ1) is 17.8. The van der Waals surface area contributed by atoms with Crippen LogP contribution < -0.4 is 4.72 Å². The molecule has 0 aromatic heterocycles. The number of hydrogen-bond acceptors (Lipinski definition) is 6. The second-order valence-electron chi connectivity index (χ2n) is 4.83. The predicted octanol–water partition coefficient (Wildman–Crippen LogP) is 1.95. The lowest BCUT2D eigenvalue weighted by molar-refractivity contribution is -0.384. The Balaban J connectivity index is 2.49. The molecule has 0 radical (unpaired) electrons. The number of nitrogens with zero attached hydrogens (tertiary/aromatic N) is 1. The van der Waals surface area contributed by atoms with Gasteiger partial charge in [-0.3, -0.25) is 19.4 Å². The van der Waals surface area contributed by atoms with E-state index in [4.69, 9.17) is 4.55 Å². The van der Waals surface area contributed by atoms with Gasteiger partial charge < -0.3 is 0 Å². The van der Waals surface area contributed by atoms with E-state index in [-0.39, 0.29) is 4.90 Å². The number of nitro groups is 1. The number of hydrogen-bond donors (Lipinski definition) is 2. The highest BCUT2D eigenvalue weighted by Gasteiger charge is 2.23. The van der Waals surface area contributed by atoms with E-state index < -0.39 is 41.3 Å². The topological polar surface area (TPSA) is 144 Å². The van der Waals surface area contributed by atoms with E-state index in [1.165, 1.54) is 12.1 Å². The third kappa shape index (κ3) is 3.88. The summed E-state index contributed by atoms with van der Waals surface area (Å²) >= 11 is 0. The smallest absolute Gasteiger partial charge is 0.282 e. The van der Waals surface area contributed by atoms with Crippen LogP contribution in [0.4, 0.5) is 11.4 Å². The molecule has 2 rings (SSSR count). The standard InChI is InChI=1S/C13H12N2O7S2/c1-9-2-4-10(5-3-9)23(18,19)14-12-7-6-11(24(20,21)22)8-13(12)15(16)17/h2-8,14H,1H3,(H,20,21,22). The van der Waals surface area contributed by atoms with Gasteiger partial charge in [0.25, 0.3) is 25.8 Å². The summed E-state index contributed by atoms with van der Waals surface area (Å²) < 4.78 is 57.6. The van der Waals surface area contributed by atoms with Gasteiger partial charge in [-0.15, -0.1) is 0 Å². The fourth-order valence-electron chi connectivity index (χ4n) is 1.83. The molecule has 0 unspecified atom stereocenters. The molecule has 0 saturated heterocycles. The second-order valence-corrected chi connectivity index (χ2v) is 7.93. The van der Waals surface area contributed by atoms with Crippen molar-refractivity contribution in [3.8, 4) is 0 Å². The summed E-state index contributed by atoms with van der Waals surface area (Å²) in [6, 6.07) is 8.10. The first-order valence-electron chi connectivity index (χ1n) is 6.36. The van der Waals surface area contributed by atoms with Crippen molar-refractivity contribution < 1.29 is 26.3 Å². The second kappa shape index (κ2) is 6.19. The van der Waals surface area contributed by atoms with Crippen LogP contribution in [0.2, 0.25) is 0 Å². The molecule has 0 amide bonds. The molecule has 0 aliphatic rings. The third-order valence-corrected chi connectivity index (χ3v) is 5.27. The molecular weight excluding hydrogens is 360 g/mol. The third-order valence-electron chi connectivity index (χ3n) is 3.04. The van der Waals surface area contributed by atoms with Gasteiger partial charge in [-0.2, -0.15) is 8.42 Å². The average molecular weight is 372 g/mol. The molecule has 0 aliphatic heterocycles. The average Bonchev–Trinajstić information content (AvgIpc) is 2.46. The molecule has 11 heteroatoms. The maximum absolute atomic E-state index is 12.3. The van der Waals surface area contributed by atoms with Gasteiger partial charge in [0, 0.05) is 6.07 Å². The Morgan fingerprint density at radius 2 is 1.54 bits per heavy atom. The van der Waals surface area contributed by atoms with Crippen molar-refractivity contribution in [2.45, 2.75) is 16.7 Å². The highest BCUT2D eigenvalue weighted by molar-refractivity contribution is 7.92. The van der Waals surface area contributed by atoms with E-state index in [0.29, 0.717) is 6.07 Å². The Morgan fingerprint density at radius 3 is 2.04 bits per heavy atom.